The summed E-state index contributed by atoms with van der Waals surface area (Å²) in [5, 5.41) is 2.01. The highest BCUT2D eigenvalue weighted by Gasteiger charge is 2.28. The van der Waals surface area contributed by atoms with E-state index in [1.807, 2.05) is 29.6 Å². The Labute approximate surface area is 128 Å². The van der Waals surface area contributed by atoms with E-state index < -0.39 is 0 Å². The largest absolute Gasteiger partial charge is 0.497 e. The predicted octanol–water partition coefficient (Wildman–Crippen LogP) is 3.75. The summed E-state index contributed by atoms with van der Waals surface area (Å²) in [7, 11) is 3.33. The van der Waals surface area contributed by atoms with Crippen LogP contribution in [0.3, 0.4) is 0 Å². The van der Waals surface area contributed by atoms with Crippen molar-refractivity contribution in [2.24, 2.45) is 5.92 Å². The third-order valence-electron chi connectivity index (χ3n) is 4.07. The number of benzene rings is 1. The predicted molar refractivity (Wildman–Crippen MR) is 83.7 cm³/mol. The van der Waals surface area contributed by atoms with Crippen molar-refractivity contribution >= 4 is 17.1 Å². The zero-order valence-corrected chi connectivity index (χ0v) is 13.0. The minimum absolute atomic E-state index is 0.0541. The van der Waals surface area contributed by atoms with Crippen molar-refractivity contribution in [3.63, 3.8) is 0 Å². The van der Waals surface area contributed by atoms with Gasteiger partial charge in [0.1, 0.15) is 11.5 Å². The number of thiophene rings is 1. The molecule has 3 nitrogen and oxygen atoms in total. The maximum absolute atomic E-state index is 12.7. The summed E-state index contributed by atoms with van der Waals surface area (Å²) in [6.07, 6.45) is 2.59. The molecule has 0 spiro atoms. The van der Waals surface area contributed by atoms with Gasteiger partial charge in [0.25, 0.3) is 0 Å². The van der Waals surface area contributed by atoms with Crippen LogP contribution in [-0.4, -0.2) is 20.0 Å². The molecule has 21 heavy (non-hydrogen) atoms. The monoisotopic (exact) mass is 302 g/mol. The van der Waals surface area contributed by atoms with E-state index in [1.54, 1.807) is 25.6 Å². The fraction of sp³-hybridized carbons (Fsp3) is 0.353. The molecule has 1 heterocycles. The van der Waals surface area contributed by atoms with Gasteiger partial charge < -0.3 is 9.47 Å². The fourth-order valence-corrected chi connectivity index (χ4v) is 3.82. The molecule has 1 unspecified atom stereocenters. The topological polar surface area (TPSA) is 35.5 Å². The number of hydrogen-bond donors (Lipinski definition) is 0. The van der Waals surface area contributed by atoms with Gasteiger partial charge in [0.2, 0.25) is 0 Å². The van der Waals surface area contributed by atoms with Gasteiger partial charge in [0.15, 0.2) is 5.78 Å². The van der Waals surface area contributed by atoms with Crippen LogP contribution in [0.2, 0.25) is 0 Å². The van der Waals surface area contributed by atoms with Gasteiger partial charge in [0.05, 0.1) is 14.2 Å². The zero-order valence-electron chi connectivity index (χ0n) is 12.2. The number of rotatable bonds is 4. The van der Waals surface area contributed by atoms with E-state index in [0.29, 0.717) is 0 Å². The lowest BCUT2D eigenvalue weighted by atomic mass is 9.81. The van der Waals surface area contributed by atoms with E-state index in [1.165, 1.54) is 0 Å². The summed E-state index contributed by atoms with van der Waals surface area (Å²) in [6.45, 7) is 0. The van der Waals surface area contributed by atoms with Gasteiger partial charge in [-0.3, -0.25) is 4.79 Å². The fourth-order valence-electron chi connectivity index (χ4n) is 2.90. The second-order valence-electron chi connectivity index (χ2n) is 5.24. The Morgan fingerprint density at radius 2 is 2.10 bits per heavy atom. The summed E-state index contributed by atoms with van der Waals surface area (Å²) in [6, 6.07) is 7.71. The minimum Gasteiger partial charge on any atom is -0.497 e. The van der Waals surface area contributed by atoms with Gasteiger partial charge in [-0.15, -0.1) is 11.3 Å². The van der Waals surface area contributed by atoms with E-state index >= 15 is 0 Å². The highest BCUT2D eigenvalue weighted by Crippen LogP contribution is 2.34. The number of Topliss-reactive ketones (excluding diaryl/α,β-unsaturated/α-hetero) is 1. The van der Waals surface area contributed by atoms with Crippen molar-refractivity contribution in [2.45, 2.75) is 19.3 Å². The molecule has 1 aromatic heterocycles. The second kappa shape index (κ2) is 5.90. The maximum atomic E-state index is 12.7. The number of carbonyl (C=O) groups is 1. The first kappa shape index (κ1) is 14.1. The van der Waals surface area contributed by atoms with Crippen molar-refractivity contribution in [1.82, 2.24) is 0 Å². The molecule has 0 amide bonds. The molecule has 0 fully saturated rings. The Bertz CT molecular complexity index is 660. The molecule has 0 saturated heterocycles. The first-order valence-corrected chi connectivity index (χ1v) is 7.92. The summed E-state index contributed by atoms with van der Waals surface area (Å²) in [5.41, 5.74) is 1.95. The van der Waals surface area contributed by atoms with Crippen molar-refractivity contribution in [2.75, 3.05) is 14.2 Å². The van der Waals surface area contributed by atoms with Gasteiger partial charge in [0, 0.05) is 16.4 Å². The Morgan fingerprint density at radius 1 is 1.24 bits per heavy atom. The van der Waals surface area contributed by atoms with Crippen LogP contribution < -0.4 is 9.47 Å². The molecule has 0 bridgehead atoms. The first-order valence-electron chi connectivity index (χ1n) is 7.04. The molecule has 0 radical (unpaired) electrons. The highest BCUT2D eigenvalue weighted by molar-refractivity contribution is 7.10. The Kier molecular flexibility index (Phi) is 3.97. The SMILES string of the molecule is COc1ccc2c(c1)CCC(Cc1sccc1OC)C2=O. The molecule has 0 saturated carbocycles. The summed E-state index contributed by atoms with van der Waals surface area (Å²) in [4.78, 5) is 13.8. The molecule has 3 rings (SSSR count). The highest BCUT2D eigenvalue weighted by atomic mass is 32.1. The third kappa shape index (κ3) is 2.68. The second-order valence-corrected chi connectivity index (χ2v) is 6.24. The van der Waals surface area contributed by atoms with Crippen LogP contribution in [0.25, 0.3) is 0 Å². The lowest BCUT2D eigenvalue weighted by Crippen LogP contribution is -2.24. The molecule has 0 aliphatic heterocycles. The Balaban J connectivity index is 1.82. The molecule has 1 atom stereocenters. The maximum Gasteiger partial charge on any atom is 0.166 e. The Hall–Kier alpha value is -1.81. The lowest BCUT2D eigenvalue weighted by molar-refractivity contribution is 0.0901. The van der Waals surface area contributed by atoms with E-state index in [2.05, 4.69) is 0 Å². The molecule has 4 heteroatoms. The van der Waals surface area contributed by atoms with Gasteiger partial charge in [-0.1, -0.05) is 0 Å². The molecule has 1 aliphatic rings. The molecule has 0 N–H and O–H groups in total. The van der Waals surface area contributed by atoms with Crippen LogP contribution in [0, 0.1) is 5.92 Å². The molecule has 1 aliphatic carbocycles. The number of hydrogen-bond acceptors (Lipinski definition) is 4. The van der Waals surface area contributed by atoms with Crippen molar-refractivity contribution < 1.29 is 14.3 Å². The van der Waals surface area contributed by atoms with Gasteiger partial charge in [-0.05, 0) is 54.5 Å². The Morgan fingerprint density at radius 3 is 2.86 bits per heavy atom. The number of fused-ring (bicyclic) bond motifs is 1. The molecule has 1 aromatic carbocycles. The molecule has 110 valence electrons. The van der Waals surface area contributed by atoms with Gasteiger partial charge in [-0.25, -0.2) is 0 Å². The van der Waals surface area contributed by atoms with Crippen LogP contribution in [0.1, 0.15) is 27.2 Å². The lowest BCUT2D eigenvalue weighted by Gasteiger charge is -2.23. The normalized spacial score (nSPS) is 17.4. The van der Waals surface area contributed by atoms with E-state index in [-0.39, 0.29) is 11.7 Å². The van der Waals surface area contributed by atoms with E-state index in [4.69, 9.17) is 9.47 Å². The summed E-state index contributed by atoms with van der Waals surface area (Å²) in [5.74, 6) is 2.01. The van der Waals surface area contributed by atoms with Crippen LogP contribution >= 0.6 is 11.3 Å². The van der Waals surface area contributed by atoms with Crippen molar-refractivity contribution in [3.05, 3.63) is 45.6 Å². The number of ketones is 1. The number of ether oxygens (including phenoxy) is 2. The number of carbonyl (C=O) groups excluding carboxylic acids is 1. The van der Waals surface area contributed by atoms with Crippen LogP contribution in [-0.2, 0) is 12.8 Å². The average Bonchev–Trinajstić information content (AvgIpc) is 2.97. The van der Waals surface area contributed by atoms with E-state index in [9.17, 15) is 4.79 Å². The van der Waals surface area contributed by atoms with Crippen molar-refractivity contribution in [1.29, 1.82) is 0 Å². The van der Waals surface area contributed by atoms with Crippen molar-refractivity contribution in [3.8, 4) is 11.5 Å². The summed E-state index contributed by atoms with van der Waals surface area (Å²) >= 11 is 1.66. The quantitative estimate of drug-likeness (QED) is 0.863. The van der Waals surface area contributed by atoms with Crippen LogP contribution in [0.15, 0.2) is 29.6 Å². The third-order valence-corrected chi connectivity index (χ3v) is 4.99. The van der Waals surface area contributed by atoms with Gasteiger partial charge in [-0.2, -0.15) is 0 Å². The molecular formula is C17H18O3S. The molecular weight excluding hydrogens is 284 g/mol. The molecule has 2 aromatic rings. The first-order chi connectivity index (χ1) is 10.2. The standard InChI is InChI=1S/C17H18O3S/c1-19-13-5-6-14-11(9-13)3-4-12(17(14)18)10-16-15(20-2)7-8-21-16/h5-9,12H,3-4,10H2,1-2H3. The van der Waals surface area contributed by atoms with Crippen LogP contribution in [0.4, 0.5) is 0 Å². The van der Waals surface area contributed by atoms with Gasteiger partial charge >= 0.3 is 0 Å². The average molecular weight is 302 g/mol. The summed E-state index contributed by atoms with van der Waals surface area (Å²) < 4.78 is 10.6. The van der Waals surface area contributed by atoms with Crippen LogP contribution in [0.5, 0.6) is 11.5 Å². The minimum atomic E-state index is 0.0541. The smallest absolute Gasteiger partial charge is 0.166 e. The zero-order chi connectivity index (χ0) is 14.8. The van der Waals surface area contributed by atoms with E-state index in [0.717, 1.165) is 46.8 Å². The number of methoxy groups -OCH3 is 2. The number of aryl methyl sites for hydroxylation is 1.